The Morgan fingerprint density at radius 1 is 1.32 bits per heavy atom. The van der Waals surface area contributed by atoms with Gasteiger partial charge < -0.3 is 14.8 Å². The average molecular weight is 430 g/mol. The fourth-order valence-corrected chi connectivity index (χ4v) is 3.41. The van der Waals surface area contributed by atoms with Crippen molar-refractivity contribution in [3.63, 3.8) is 0 Å². The van der Waals surface area contributed by atoms with E-state index in [1.54, 1.807) is 6.92 Å². The summed E-state index contributed by atoms with van der Waals surface area (Å²) < 4.78 is 24.3. The van der Waals surface area contributed by atoms with Crippen LogP contribution in [0.25, 0.3) is 0 Å². The summed E-state index contributed by atoms with van der Waals surface area (Å²) in [5, 5.41) is 2.98. The Balaban J connectivity index is 1.83. The van der Waals surface area contributed by atoms with E-state index in [1.807, 2.05) is 19.9 Å². The van der Waals surface area contributed by atoms with Crippen molar-refractivity contribution in [1.29, 1.82) is 0 Å². The smallest absolute Gasteiger partial charge is 0.338 e. The van der Waals surface area contributed by atoms with Crippen molar-refractivity contribution >= 4 is 11.9 Å². The number of allylic oxidation sites excluding steroid dienone is 2. The summed E-state index contributed by atoms with van der Waals surface area (Å²) in [6.07, 6.45) is 7.86. The SMILES string of the molecule is C=C/C(C)=C\C[C@@H]1O[C@H](C)[C@H](NC(=O)/C=C\C(C)OC(=O)c2ccc(F)cc2)C[C@@H]1C. The fourth-order valence-electron chi connectivity index (χ4n) is 3.41. The van der Waals surface area contributed by atoms with Crippen molar-refractivity contribution in [3.8, 4) is 0 Å². The van der Waals surface area contributed by atoms with E-state index < -0.39 is 17.9 Å². The number of amides is 1. The molecule has 0 aliphatic carbocycles. The normalized spacial score (nSPS) is 25.1. The van der Waals surface area contributed by atoms with Gasteiger partial charge in [-0.2, -0.15) is 0 Å². The first-order chi connectivity index (χ1) is 14.7. The molecule has 5 nitrogen and oxygen atoms in total. The van der Waals surface area contributed by atoms with Crippen molar-refractivity contribution in [2.24, 2.45) is 5.92 Å². The summed E-state index contributed by atoms with van der Waals surface area (Å²) in [5.74, 6) is -0.966. The topological polar surface area (TPSA) is 64.6 Å². The lowest BCUT2D eigenvalue weighted by Gasteiger charge is -2.39. The molecule has 1 aromatic carbocycles. The van der Waals surface area contributed by atoms with E-state index in [9.17, 15) is 14.0 Å². The van der Waals surface area contributed by atoms with Crippen molar-refractivity contribution in [1.82, 2.24) is 5.32 Å². The molecule has 1 heterocycles. The molecule has 1 aliphatic rings. The Morgan fingerprint density at radius 2 is 2.00 bits per heavy atom. The van der Waals surface area contributed by atoms with Gasteiger partial charge in [0.15, 0.2) is 0 Å². The molecule has 6 heteroatoms. The van der Waals surface area contributed by atoms with Crippen LogP contribution in [0.3, 0.4) is 0 Å². The van der Waals surface area contributed by atoms with Gasteiger partial charge in [-0.05, 0) is 69.9 Å². The molecule has 0 aromatic heterocycles. The number of benzene rings is 1. The molecule has 1 aromatic rings. The molecule has 31 heavy (non-hydrogen) atoms. The zero-order valence-corrected chi connectivity index (χ0v) is 18.6. The number of carbonyl (C=O) groups excluding carboxylic acids is 2. The number of carbonyl (C=O) groups is 2. The third kappa shape index (κ3) is 7.79. The highest BCUT2D eigenvalue weighted by Crippen LogP contribution is 2.28. The average Bonchev–Trinajstić information content (AvgIpc) is 2.73. The summed E-state index contributed by atoms with van der Waals surface area (Å²) in [6, 6.07) is 5.01. The molecule has 1 fully saturated rings. The van der Waals surface area contributed by atoms with E-state index >= 15 is 0 Å². The van der Waals surface area contributed by atoms with Gasteiger partial charge in [-0.25, -0.2) is 9.18 Å². The Bertz CT molecular complexity index is 830. The summed E-state index contributed by atoms with van der Waals surface area (Å²) in [6.45, 7) is 11.5. The highest BCUT2D eigenvalue weighted by molar-refractivity contribution is 5.90. The van der Waals surface area contributed by atoms with Gasteiger partial charge >= 0.3 is 5.97 Å². The van der Waals surface area contributed by atoms with E-state index in [2.05, 4.69) is 24.9 Å². The standard InChI is InChI=1S/C25H32FNO4/c1-6-16(2)7-13-23-17(3)15-22(19(5)31-23)27-24(28)14-8-18(4)30-25(29)20-9-11-21(26)12-10-20/h6-12,14,17-19,22-23H,1,13,15H2,2-5H3,(H,27,28)/b14-8-,16-7-/t17-,18?,19+,22+,23-/m0/s1. The second-order valence-electron chi connectivity index (χ2n) is 8.07. The molecule has 1 saturated heterocycles. The van der Waals surface area contributed by atoms with Gasteiger partial charge in [-0.3, -0.25) is 4.79 Å². The molecule has 1 N–H and O–H groups in total. The van der Waals surface area contributed by atoms with Crippen LogP contribution in [-0.2, 0) is 14.3 Å². The first-order valence-electron chi connectivity index (χ1n) is 10.6. The predicted molar refractivity (Wildman–Crippen MR) is 119 cm³/mol. The molecule has 0 radical (unpaired) electrons. The maximum atomic E-state index is 13.0. The molecule has 0 saturated carbocycles. The lowest BCUT2D eigenvalue weighted by molar-refractivity contribution is -0.123. The minimum absolute atomic E-state index is 0.0926. The van der Waals surface area contributed by atoms with Crippen molar-refractivity contribution < 1.29 is 23.5 Å². The Morgan fingerprint density at radius 3 is 2.65 bits per heavy atom. The molecule has 1 aliphatic heterocycles. The number of rotatable bonds is 8. The van der Waals surface area contributed by atoms with Crippen LogP contribution in [0.4, 0.5) is 4.39 Å². The summed E-state index contributed by atoms with van der Waals surface area (Å²) in [4.78, 5) is 24.4. The molecule has 0 spiro atoms. The van der Waals surface area contributed by atoms with E-state index in [-0.39, 0.29) is 29.7 Å². The van der Waals surface area contributed by atoms with Crippen LogP contribution in [0, 0.1) is 11.7 Å². The number of halogens is 1. The van der Waals surface area contributed by atoms with Crippen LogP contribution in [0.15, 0.2) is 60.7 Å². The predicted octanol–water partition coefficient (Wildman–Crippen LogP) is 4.75. The van der Waals surface area contributed by atoms with E-state index in [0.29, 0.717) is 5.92 Å². The molecule has 1 unspecified atom stereocenters. The quantitative estimate of drug-likeness (QED) is 0.368. The van der Waals surface area contributed by atoms with Crippen LogP contribution < -0.4 is 5.32 Å². The maximum absolute atomic E-state index is 13.0. The molecular weight excluding hydrogens is 397 g/mol. The lowest BCUT2D eigenvalue weighted by Crippen LogP contribution is -2.50. The first kappa shape index (κ1) is 24.5. The number of nitrogens with one attached hydrogen (secondary N) is 1. The molecule has 0 bridgehead atoms. The molecule has 168 valence electrons. The molecule has 5 atom stereocenters. The van der Waals surface area contributed by atoms with Crippen molar-refractivity contribution in [2.45, 2.75) is 64.9 Å². The maximum Gasteiger partial charge on any atom is 0.338 e. The van der Waals surface area contributed by atoms with Crippen molar-refractivity contribution in [2.75, 3.05) is 0 Å². The van der Waals surface area contributed by atoms with Gasteiger partial charge in [0.2, 0.25) is 5.91 Å². The van der Waals surface area contributed by atoms with E-state index in [0.717, 1.165) is 18.4 Å². The number of ether oxygens (including phenoxy) is 2. The summed E-state index contributed by atoms with van der Waals surface area (Å²) in [5.41, 5.74) is 1.37. The van der Waals surface area contributed by atoms with Gasteiger partial charge in [-0.15, -0.1) is 0 Å². The summed E-state index contributed by atoms with van der Waals surface area (Å²) in [7, 11) is 0. The highest BCUT2D eigenvalue weighted by Gasteiger charge is 2.33. The fraction of sp³-hybridized carbons (Fsp3) is 0.440. The number of esters is 1. The molecular formula is C25H32FNO4. The van der Waals surface area contributed by atoms with Gasteiger partial charge in [-0.1, -0.05) is 31.2 Å². The number of hydrogen-bond acceptors (Lipinski definition) is 4. The van der Waals surface area contributed by atoms with Crippen LogP contribution in [0.1, 0.15) is 50.9 Å². The summed E-state index contributed by atoms with van der Waals surface area (Å²) >= 11 is 0. The van der Waals surface area contributed by atoms with Crippen LogP contribution >= 0.6 is 0 Å². The molecule has 2 rings (SSSR count). The van der Waals surface area contributed by atoms with E-state index in [1.165, 1.54) is 36.4 Å². The Hall–Kier alpha value is -2.73. The van der Waals surface area contributed by atoms with Crippen molar-refractivity contribution in [3.05, 3.63) is 72.1 Å². The van der Waals surface area contributed by atoms with E-state index in [4.69, 9.17) is 9.47 Å². The molecule has 1 amide bonds. The number of hydrogen-bond donors (Lipinski definition) is 1. The monoisotopic (exact) mass is 429 g/mol. The Labute approximate surface area is 184 Å². The minimum atomic E-state index is -0.605. The largest absolute Gasteiger partial charge is 0.455 e. The van der Waals surface area contributed by atoms with Gasteiger partial charge in [0.25, 0.3) is 0 Å². The zero-order chi connectivity index (χ0) is 23.0. The Kier molecular flexibility index (Phi) is 9.19. The van der Waals surface area contributed by atoms with Gasteiger partial charge in [0, 0.05) is 6.08 Å². The van der Waals surface area contributed by atoms with Crippen LogP contribution in [0.5, 0.6) is 0 Å². The lowest BCUT2D eigenvalue weighted by atomic mass is 9.88. The second kappa shape index (κ2) is 11.6. The van der Waals surface area contributed by atoms with Crippen LogP contribution in [0.2, 0.25) is 0 Å². The highest BCUT2D eigenvalue weighted by atomic mass is 19.1. The van der Waals surface area contributed by atoms with Gasteiger partial charge in [0.1, 0.15) is 11.9 Å². The van der Waals surface area contributed by atoms with Gasteiger partial charge in [0.05, 0.1) is 23.8 Å². The zero-order valence-electron chi connectivity index (χ0n) is 18.6. The van der Waals surface area contributed by atoms with Crippen LogP contribution in [-0.4, -0.2) is 36.2 Å². The second-order valence-corrected chi connectivity index (χ2v) is 8.07. The third-order valence-corrected chi connectivity index (χ3v) is 5.43. The third-order valence-electron chi connectivity index (χ3n) is 5.43. The minimum Gasteiger partial charge on any atom is -0.455 e. The first-order valence-corrected chi connectivity index (χ1v) is 10.6.